The average molecular weight is 614 g/mol. The number of carboxylic acids is 1. The van der Waals surface area contributed by atoms with E-state index >= 15 is 0 Å². The van der Waals surface area contributed by atoms with Crippen molar-refractivity contribution in [1.29, 1.82) is 0 Å². The fraction of sp³-hybridized carbons (Fsp3) is 0.485. The fourth-order valence-electron chi connectivity index (χ4n) is 4.84. The molecule has 0 fully saturated rings. The van der Waals surface area contributed by atoms with Gasteiger partial charge in [-0.2, -0.15) is 0 Å². The first-order valence-corrected chi connectivity index (χ1v) is 16.2. The van der Waals surface area contributed by atoms with E-state index in [1.807, 2.05) is 6.92 Å². The van der Waals surface area contributed by atoms with Gasteiger partial charge in [-0.25, -0.2) is 9.59 Å². The Kier molecular flexibility index (Phi) is 9.98. The van der Waals surface area contributed by atoms with Crippen LogP contribution in [0.15, 0.2) is 47.3 Å². The van der Waals surface area contributed by atoms with Gasteiger partial charge in [0.25, 0.3) is 0 Å². The van der Waals surface area contributed by atoms with Crippen LogP contribution >= 0.6 is 0 Å². The first-order valence-electron chi connectivity index (χ1n) is 14.1. The molecule has 1 aromatic heterocycles. The zero-order valence-corrected chi connectivity index (χ0v) is 27.6. The van der Waals surface area contributed by atoms with Crippen LogP contribution in [-0.2, 0) is 26.9 Å². The van der Waals surface area contributed by atoms with Gasteiger partial charge in [0.2, 0.25) is 10.5 Å². The summed E-state index contributed by atoms with van der Waals surface area (Å²) in [5.41, 5.74) is 1.21. The molecule has 0 aliphatic carbocycles. The van der Waals surface area contributed by atoms with E-state index in [0.29, 0.717) is 10.9 Å². The van der Waals surface area contributed by atoms with Gasteiger partial charge in [0.15, 0.2) is 0 Å². The molecule has 3 N–H and O–H groups in total. The first kappa shape index (κ1) is 34.0. The molecule has 0 bridgehead atoms. The summed E-state index contributed by atoms with van der Waals surface area (Å²) in [6, 6.07) is 11.1. The summed E-state index contributed by atoms with van der Waals surface area (Å²) < 4.78 is 12.9. The van der Waals surface area contributed by atoms with Crippen molar-refractivity contribution in [2.45, 2.75) is 78.6 Å². The smallest absolute Gasteiger partial charge is 0.410 e. The zero-order chi connectivity index (χ0) is 32.5. The van der Waals surface area contributed by atoms with E-state index < -0.39 is 28.7 Å². The number of H-pyrrole nitrogens is 1. The number of aromatic nitrogens is 1. The van der Waals surface area contributed by atoms with Crippen molar-refractivity contribution in [3.05, 3.63) is 75.1 Å². The van der Waals surface area contributed by atoms with E-state index in [-0.39, 0.29) is 51.8 Å². The minimum Gasteiger partial charge on any atom is -0.506 e. The third-order valence-corrected chi connectivity index (χ3v) is 10.0. The number of hydrogen-bond donors (Lipinski definition) is 3. The standard InChI is InChI=1S/C33H44N2O7S/c1-20-17-21(29(38)39)11-12-22(20)18-35(30(40)42-32(5,6)7)19-26(41-33(8,43(9)10)31(2,3)4)23-13-15-25(36)28-24(23)14-16-27(37)34-28/h11-17,26H,18-19H2,1-10H3,(H2-,34,36,37,38,39)/p+1/t26-,33-/m0/s1. The number of hydrogen-bond acceptors (Lipinski definition) is 6. The number of amides is 1. The minimum absolute atomic E-state index is 0.0716. The van der Waals surface area contributed by atoms with Crippen LogP contribution in [0.3, 0.4) is 0 Å². The lowest BCUT2D eigenvalue weighted by Crippen LogP contribution is -2.51. The van der Waals surface area contributed by atoms with Gasteiger partial charge >= 0.3 is 12.1 Å². The average Bonchev–Trinajstić information content (AvgIpc) is 2.87. The molecule has 0 aliphatic heterocycles. The van der Waals surface area contributed by atoms with E-state index in [0.717, 1.165) is 11.1 Å². The number of carboxylic acid groups (broad SMARTS) is 1. The molecule has 10 heteroatoms. The molecule has 3 rings (SSSR count). The van der Waals surface area contributed by atoms with Crippen molar-refractivity contribution >= 4 is 33.9 Å². The summed E-state index contributed by atoms with van der Waals surface area (Å²) in [5.74, 6) is -1.10. The second kappa shape index (κ2) is 12.6. The SMILES string of the molecule is Cc1cc(C(=O)O)ccc1CN(C[C@H](O[C@@](C)([S+](C)C)C(C)(C)C)c1ccc(O)c2[nH]c(=O)ccc12)C(=O)OC(C)(C)C. The van der Waals surface area contributed by atoms with Gasteiger partial charge in [-0.05, 0) is 68.7 Å². The molecule has 43 heavy (non-hydrogen) atoms. The Labute approximate surface area is 256 Å². The summed E-state index contributed by atoms with van der Waals surface area (Å²) in [4.78, 5) is 41.1. The number of fused-ring (bicyclic) bond motifs is 1. The lowest BCUT2D eigenvalue weighted by atomic mass is 9.89. The number of carbonyl (C=O) groups is 2. The number of pyridine rings is 1. The van der Waals surface area contributed by atoms with Crippen LogP contribution in [0.1, 0.15) is 81.6 Å². The maximum absolute atomic E-state index is 13.7. The van der Waals surface area contributed by atoms with Crippen LogP contribution in [0.5, 0.6) is 5.75 Å². The molecule has 0 aliphatic rings. The number of aromatic amines is 1. The largest absolute Gasteiger partial charge is 0.506 e. The first-order chi connectivity index (χ1) is 19.7. The lowest BCUT2D eigenvalue weighted by Gasteiger charge is -2.41. The quantitative estimate of drug-likeness (QED) is 0.239. The Morgan fingerprint density at radius 1 is 1.00 bits per heavy atom. The van der Waals surface area contributed by atoms with Crippen molar-refractivity contribution in [2.24, 2.45) is 5.41 Å². The minimum atomic E-state index is -1.03. The third kappa shape index (κ3) is 7.92. The monoisotopic (exact) mass is 613 g/mol. The van der Waals surface area contributed by atoms with Crippen LogP contribution in [0.2, 0.25) is 0 Å². The number of benzene rings is 2. The summed E-state index contributed by atoms with van der Waals surface area (Å²) in [6.45, 7) is 15.8. The Morgan fingerprint density at radius 2 is 1.65 bits per heavy atom. The van der Waals surface area contributed by atoms with Gasteiger partial charge in [0, 0.05) is 41.2 Å². The normalized spacial score (nSPS) is 14.4. The molecule has 0 radical (unpaired) electrons. The van der Waals surface area contributed by atoms with Gasteiger partial charge in [-0.15, -0.1) is 0 Å². The van der Waals surface area contributed by atoms with E-state index in [1.54, 1.807) is 49.9 Å². The fourth-order valence-corrected chi connectivity index (χ4v) is 6.37. The van der Waals surface area contributed by atoms with Crippen molar-refractivity contribution in [2.75, 3.05) is 19.1 Å². The highest BCUT2D eigenvalue weighted by Crippen LogP contribution is 2.43. The number of carbonyl (C=O) groups excluding carboxylic acids is 1. The Hall–Kier alpha value is -3.50. The van der Waals surface area contributed by atoms with E-state index in [4.69, 9.17) is 9.47 Å². The van der Waals surface area contributed by atoms with Gasteiger partial charge in [0.1, 0.15) is 30.0 Å². The van der Waals surface area contributed by atoms with Gasteiger partial charge < -0.3 is 29.6 Å². The molecule has 0 spiro atoms. The summed E-state index contributed by atoms with van der Waals surface area (Å²) >= 11 is 0. The molecule has 2 aromatic carbocycles. The van der Waals surface area contributed by atoms with Crippen LogP contribution in [-0.4, -0.2) is 61.7 Å². The zero-order valence-electron chi connectivity index (χ0n) is 26.8. The highest BCUT2D eigenvalue weighted by Gasteiger charge is 2.51. The number of aromatic carboxylic acids is 1. The molecule has 0 saturated heterocycles. The van der Waals surface area contributed by atoms with E-state index in [2.05, 4.69) is 45.2 Å². The Bertz CT molecular complexity index is 1550. The summed E-state index contributed by atoms with van der Waals surface area (Å²) in [5, 5.41) is 20.6. The highest BCUT2D eigenvalue weighted by molar-refractivity contribution is 7.96. The van der Waals surface area contributed by atoms with Crippen LogP contribution < -0.4 is 5.56 Å². The molecule has 1 amide bonds. The number of nitrogens with one attached hydrogen (secondary N) is 1. The number of aromatic hydroxyl groups is 1. The molecule has 0 unspecified atom stereocenters. The summed E-state index contributed by atoms with van der Waals surface area (Å²) in [7, 11) is -0.234. The number of nitrogens with zero attached hydrogens (tertiary/aromatic N) is 1. The van der Waals surface area contributed by atoms with Crippen molar-refractivity contribution in [3.63, 3.8) is 0 Å². The van der Waals surface area contributed by atoms with Crippen molar-refractivity contribution in [1.82, 2.24) is 9.88 Å². The highest BCUT2D eigenvalue weighted by atomic mass is 32.2. The van der Waals surface area contributed by atoms with Crippen LogP contribution in [0, 0.1) is 12.3 Å². The molecule has 1 heterocycles. The van der Waals surface area contributed by atoms with Gasteiger partial charge in [-0.3, -0.25) is 4.79 Å². The number of rotatable bonds is 9. The Balaban J connectivity index is 2.21. The predicted molar refractivity (Wildman–Crippen MR) is 172 cm³/mol. The van der Waals surface area contributed by atoms with Gasteiger partial charge in [0.05, 0.1) is 17.6 Å². The maximum atomic E-state index is 13.7. The maximum Gasteiger partial charge on any atom is 0.410 e. The second-order valence-corrected chi connectivity index (χ2v) is 15.6. The third-order valence-electron chi connectivity index (χ3n) is 7.75. The van der Waals surface area contributed by atoms with Crippen LogP contribution in [0.25, 0.3) is 10.9 Å². The van der Waals surface area contributed by atoms with E-state index in [9.17, 15) is 24.6 Å². The molecule has 0 saturated carbocycles. The molecule has 3 aromatic rings. The summed E-state index contributed by atoms with van der Waals surface area (Å²) in [6.07, 6.45) is 2.99. The molecular formula is C33H45N2O7S+. The Morgan fingerprint density at radius 3 is 2.19 bits per heavy atom. The predicted octanol–water partition coefficient (Wildman–Crippen LogP) is 6.38. The molecular weight excluding hydrogens is 568 g/mol. The number of aryl methyl sites for hydroxylation is 1. The van der Waals surface area contributed by atoms with Crippen LogP contribution in [0.4, 0.5) is 4.79 Å². The molecule has 234 valence electrons. The second-order valence-electron chi connectivity index (χ2n) is 13.2. The van der Waals surface area contributed by atoms with Crippen molar-refractivity contribution in [3.8, 4) is 5.75 Å². The lowest BCUT2D eigenvalue weighted by molar-refractivity contribution is -0.0945. The van der Waals surface area contributed by atoms with E-state index in [1.165, 1.54) is 18.2 Å². The van der Waals surface area contributed by atoms with Gasteiger partial charge in [-0.1, -0.05) is 32.9 Å². The molecule has 2 atom stereocenters. The molecule has 9 nitrogen and oxygen atoms in total. The topological polar surface area (TPSA) is 129 Å². The number of ether oxygens (including phenoxy) is 2. The number of phenols is 1. The number of phenolic OH excluding ortho intramolecular Hbond substituents is 1. The van der Waals surface area contributed by atoms with Crippen molar-refractivity contribution < 1.29 is 29.3 Å².